The number of urea groups is 1. The van der Waals surface area contributed by atoms with Gasteiger partial charge >= 0.3 is 6.03 Å². The summed E-state index contributed by atoms with van der Waals surface area (Å²) in [4.78, 5) is 16.7. The molecular formula is C30H25F2N5OS. The molecule has 0 saturated heterocycles. The molecule has 1 aliphatic rings. The molecule has 3 aromatic carbocycles. The number of carbonyl (C=O) groups excluding carboxylic acids is 1. The summed E-state index contributed by atoms with van der Waals surface area (Å²) in [6, 6.07) is 24.0. The molecule has 0 bridgehead atoms. The van der Waals surface area contributed by atoms with E-state index in [2.05, 4.69) is 9.88 Å². The SMILES string of the molecule is CSc1ccc([C@H]2c3cccn3-c3c(c(C)nn3-c3ccccc3)CN2C(=O)Nc2ccc(F)cc2F)cc1. The first-order valence-electron chi connectivity index (χ1n) is 12.4. The molecule has 3 heterocycles. The van der Waals surface area contributed by atoms with Crippen LogP contribution in [0.2, 0.25) is 0 Å². The summed E-state index contributed by atoms with van der Waals surface area (Å²) in [5, 5.41) is 7.51. The number of benzene rings is 3. The topological polar surface area (TPSA) is 55.1 Å². The van der Waals surface area contributed by atoms with Gasteiger partial charge in [0.1, 0.15) is 17.5 Å². The second-order valence-electron chi connectivity index (χ2n) is 9.30. The fourth-order valence-corrected chi connectivity index (χ4v) is 5.47. The van der Waals surface area contributed by atoms with Gasteiger partial charge in [0.2, 0.25) is 0 Å². The maximum absolute atomic E-state index is 14.6. The summed E-state index contributed by atoms with van der Waals surface area (Å²) in [6.45, 7) is 2.14. The molecule has 0 unspecified atom stereocenters. The lowest BCUT2D eigenvalue weighted by atomic mass is 10.0. The Hall–Kier alpha value is -4.37. The molecule has 0 saturated carbocycles. The average Bonchev–Trinajstić information content (AvgIpc) is 3.51. The minimum Gasteiger partial charge on any atom is -0.307 e. The number of nitrogens with zero attached hydrogens (tertiary/aromatic N) is 4. The van der Waals surface area contributed by atoms with Crippen LogP contribution in [0.5, 0.6) is 0 Å². The van der Waals surface area contributed by atoms with Gasteiger partial charge in [0.05, 0.1) is 35.3 Å². The number of nitrogens with one attached hydrogen (secondary N) is 1. The normalized spacial score (nSPS) is 14.5. The van der Waals surface area contributed by atoms with E-state index >= 15 is 0 Å². The van der Waals surface area contributed by atoms with Gasteiger partial charge in [-0.05, 0) is 67.3 Å². The number of para-hydroxylation sites is 1. The van der Waals surface area contributed by atoms with E-state index in [1.54, 1.807) is 16.7 Å². The Morgan fingerprint density at radius 2 is 1.77 bits per heavy atom. The maximum atomic E-state index is 14.6. The summed E-state index contributed by atoms with van der Waals surface area (Å²) in [5.41, 5.74) is 4.22. The van der Waals surface area contributed by atoms with Crippen LogP contribution in [0.4, 0.5) is 19.3 Å². The van der Waals surface area contributed by atoms with E-state index in [-0.39, 0.29) is 12.2 Å². The van der Waals surface area contributed by atoms with Crippen molar-refractivity contribution in [2.75, 3.05) is 11.6 Å². The number of fused-ring (bicyclic) bond motifs is 3. The van der Waals surface area contributed by atoms with Crippen LogP contribution in [0.15, 0.2) is 96.0 Å². The van der Waals surface area contributed by atoms with Gasteiger partial charge in [0, 0.05) is 22.7 Å². The minimum absolute atomic E-state index is 0.0885. The van der Waals surface area contributed by atoms with Crippen molar-refractivity contribution in [3.63, 3.8) is 0 Å². The molecular weight excluding hydrogens is 516 g/mol. The van der Waals surface area contributed by atoms with Crippen molar-refractivity contribution in [1.82, 2.24) is 19.2 Å². The number of thioether (sulfide) groups is 1. The van der Waals surface area contributed by atoms with Gasteiger partial charge in [0.15, 0.2) is 0 Å². The van der Waals surface area contributed by atoms with Gasteiger partial charge in [0.25, 0.3) is 0 Å². The van der Waals surface area contributed by atoms with Crippen molar-refractivity contribution < 1.29 is 13.6 Å². The molecule has 0 radical (unpaired) electrons. The number of aromatic nitrogens is 3. The second kappa shape index (κ2) is 10.1. The Balaban J connectivity index is 1.52. The van der Waals surface area contributed by atoms with Crippen molar-refractivity contribution in [3.8, 4) is 11.5 Å². The fourth-order valence-electron chi connectivity index (χ4n) is 5.06. The zero-order valence-corrected chi connectivity index (χ0v) is 22.1. The van der Waals surface area contributed by atoms with E-state index in [0.717, 1.165) is 51.0 Å². The predicted octanol–water partition coefficient (Wildman–Crippen LogP) is 7.11. The number of anilines is 1. The van der Waals surface area contributed by atoms with Crippen molar-refractivity contribution in [1.29, 1.82) is 0 Å². The molecule has 9 heteroatoms. The number of halogens is 2. The van der Waals surface area contributed by atoms with E-state index in [4.69, 9.17) is 5.10 Å². The Morgan fingerprint density at radius 1 is 1.00 bits per heavy atom. The van der Waals surface area contributed by atoms with Gasteiger partial charge in [-0.3, -0.25) is 0 Å². The third-order valence-electron chi connectivity index (χ3n) is 6.95. The highest BCUT2D eigenvalue weighted by molar-refractivity contribution is 7.98. The molecule has 1 aliphatic heterocycles. The molecule has 2 aromatic heterocycles. The monoisotopic (exact) mass is 541 g/mol. The van der Waals surface area contributed by atoms with Crippen LogP contribution in [0, 0.1) is 18.6 Å². The summed E-state index contributed by atoms with van der Waals surface area (Å²) < 4.78 is 32.1. The highest BCUT2D eigenvalue weighted by Gasteiger charge is 2.36. The molecule has 196 valence electrons. The third-order valence-corrected chi connectivity index (χ3v) is 7.70. The van der Waals surface area contributed by atoms with Gasteiger partial charge in [-0.1, -0.05) is 30.3 Å². The van der Waals surface area contributed by atoms with Crippen molar-refractivity contribution in [3.05, 3.63) is 125 Å². The standard InChI is InChI=1S/C30H25F2N5OS/c1-19-24-18-36(30(38)33-26-15-12-21(31)17-25(26)32)28(20-10-13-23(39-2)14-11-20)27-9-6-16-35(27)29(24)37(34-19)22-7-4-3-5-8-22/h3-17,28H,18H2,1-2H3,(H,33,38)/t28-/m0/s1. The first-order valence-corrected chi connectivity index (χ1v) is 13.6. The zero-order chi connectivity index (χ0) is 27.1. The van der Waals surface area contributed by atoms with Crippen molar-refractivity contribution in [2.45, 2.75) is 24.4 Å². The fraction of sp³-hybridized carbons (Fsp3) is 0.133. The van der Waals surface area contributed by atoms with E-state index in [1.807, 2.05) is 90.8 Å². The Labute approximate surface area is 228 Å². The lowest BCUT2D eigenvalue weighted by Crippen LogP contribution is -2.38. The van der Waals surface area contributed by atoms with Gasteiger partial charge in [-0.15, -0.1) is 11.8 Å². The van der Waals surface area contributed by atoms with E-state index < -0.39 is 23.7 Å². The molecule has 0 fully saturated rings. The summed E-state index contributed by atoms with van der Waals surface area (Å²) in [6.07, 6.45) is 3.98. The second-order valence-corrected chi connectivity index (χ2v) is 10.2. The highest BCUT2D eigenvalue weighted by Crippen LogP contribution is 2.39. The van der Waals surface area contributed by atoms with E-state index in [0.29, 0.717) is 0 Å². The van der Waals surface area contributed by atoms with Crippen LogP contribution >= 0.6 is 11.8 Å². The molecule has 6 nitrogen and oxygen atoms in total. The number of rotatable bonds is 4. The lowest BCUT2D eigenvalue weighted by Gasteiger charge is -2.31. The number of carbonyl (C=O) groups is 1. The van der Waals surface area contributed by atoms with Crippen LogP contribution < -0.4 is 5.32 Å². The van der Waals surface area contributed by atoms with Crippen molar-refractivity contribution >= 4 is 23.5 Å². The first kappa shape index (κ1) is 24.9. The van der Waals surface area contributed by atoms with Gasteiger partial charge in [-0.2, -0.15) is 5.10 Å². The maximum Gasteiger partial charge on any atom is 0.323 e. The molecule has 1 atom stereocenters. The predicted molar refractivity (Wildman–Crippen MR) is 149 cm³/mol. The van der Waals surface area contributed by atoms with Crippen LogP contribution in [0.25, 0.3) is 11.5 Å². The minimum atomic E-state index is -0.837. The summed E-state index contributed by atoms with van der Waals surface area (Å²) >= 11 is 1.64. The lowest BCUT2D eigenvalue weighted by molar-refractivity contribution is 0.194. The van der Waals surface area contributed by atoms with Crippen LogP contribution in [-0.4, -0.2) is 31.5 Å². The van der Waals surface area contributed by atoms with Crippen LogP contribution in [-0.2, 0) is 6.54 Å². The van der Waals surface area contributed by atoms with Gasteiger partial charge < -0.3 is 14.8 Å². The zero-order valence-electron chi connectivity index (χ0n) is 21.3. The molecule has 0 spiro atoms. The Morgan fingerprint density at radius 3 is 2.49 bits per heavy atom. The van der Waals surface area contributed by atoms with Crippen molar-refractivity contribution in [2.24, 2.45) is 0 Å². The summed E-state index contributed by atoms with van der Waals surface area (Å²) in [7, 11) is 0. The number of amides is 2. The average molecular weight is 542 g/mol. The molecule has 0 aliphatic carbocycles. The Bertz CT molecular complexity index is 1660. The number of hydrogen-bond acceptors (Lipinski definition) is 3. The smallest absolute Gasteiger partial charge is 0.307 e. The first-order chi connectivity index (χ1) is 18.9. The molecule has 2 amide bonds. The highest BCUT2D eigenvalue weighted by atomic mass is 32.2. The van der Waals surface area contributed by atoms with E-state index in [1.165, 1.54) is 6.07 Å². The largest absolute Gasteiger partial charge is 0.323 e. The quantitative estimate of drug-likeness (QED) is 0.247. The number of aryl methyl sites for hydroxylation is 1. The van der Waals surface area contributed by atoms with Crippen LogP contribution in [0.1, 0.15) is 28.6 Å². The number of hydrogen-bond donors (Lipinski definition) is 1. The third kappa shape index (κ3) is 4.48. The molecule has 1 N–H and O–H groups in total. The van der Waals surface area contributed by atoms with E-state index in [9.17, 15) is 13.6 Å². The Kier molecular flexibility index (Phi) is 6.44. The summed E-state index contributed by atoms with van der Waals surface area (Å²) in [5.74, 6) is -0.706. The molecule has 6 rings (SSSR count). The van der Waals surface area contributed by atoms with Crippen LogP contribution in [0.3, 0.4) is 0 Å². The molecule has 39 heavy (non-hydrogen) atoms. The van der Waals surface area contributed by atoms with Gasteiger partial charge in [-0.25, -0.2) is 18.3 Å². The molecule has 5 aromatic rings.